The number of likely N-dealkylation sites (N-methyl/N-ethyl adjacent to an activating group) is 2. The molecule has 4 saturated heterocycles. The molecule has 438 valence electrons. The van der Waals surface area contributed by atoms with Crippen molar-refractivity contribution in [3.8, 4) is 0 Å². The Hall–Kier alpha value is -3.29. The van der Waals surface area contributed by atoms with E-state index in [1.54, 1.807) is 76.9 Å². The molecule has 4 fully saturated rings. The van der Waals surface area contributed by atoms with E-state index in [9.17, 15) is 39.5 Å². The number of aliphatic hydroxyl groups is 5. The number of carbonyl (C=O) groups excluding carboxylic acids is 2. The molecule has 4 aliphatic rings. The van der Waals surface area contributed by atoms with E-state index in [0.717, 1.165) is 0 Å². The second-order valence-electron chi connectivity index (χ2n) is 23.6. The molecular weight excluding hydrogens is 1000 g/mol. The third kappa shape index (κ3) is 14.3. The smallest absolute Gasteiger partial charge is 0.309 e. The van der Waals surface area contributed by atoms with Crippen LogP contribution < -0.4 is 0 Å². The number of rotatable bonds is 15. The molecule has 1 aromatic carbocycles. The number of aliphatic hydroxyl groups excluding tert-OH is 3. The molecule has 1 aromatic heterocycles. The van der Waals surface area contributed by atoms with Gasteiger partial charge >= 0.3 is 5.97 Å². The van der Waals surface area contributed by atoms with Crippen molar-refractivity contribution in [1.82, 2.24) is 29.7 Å². The largest absolute Gasteiger partial charge is 0.459 e. The maximum atomic E-state index is 15.0. The standard InChI is InChI=1S/C56H93FN6O14/c1-15-44-56(10,70)48(65)36(6)61(12)30-32(2)27-54(8,69)50(34(4)45(35(5)52(68)76-44)43-28-55(9,72-14)49(66)37(7)75-43)77-53-46(64)41(26-33(3)74-53)60(11)21-20-40-31-63(59-58-40)42(29-57)47(71-13)38-16-18-39(19-17-38)51(67)62-22-24-73-25-23-62/h16-19,31-37,41-50,53,64-66,69-70H,15,20-30H2,1-14H3/t32-,33-,34+,35-,36-,37+,41+,42-,43-,44-,45?,46-,47-,48-,49+,50-,53+,54-,55-,56-/m1/s1. The first-order valence-electron chi connectivity index (χ1n) is 27.8. The molecule has 0 bridgehead atoms. The molecular formula is C56H93FN6O14. The second kappa shape index (κ2) is 26.5. The van der Waals surface area contributed by atoms with Gasteiger partial charge in [0, 0.05) is 83.0 Å². The van der Waals surface area contributed by atoms with Crippen LogP contribution >= 0.6 is 0 Å². The average Bonchev–Trinajstić information content (AvgIpc) is 3.87. The van der Waals surface area contributed by atoms with E-state index in [-0.39, 0.29) is 31.1 Å². The normalized spacial score (nSPS) is 39.4. The predicted molar refractivity (Wildman–Crippen MR) is 283 cm³/mol. The van der Waals surface area contributed by atoms with Crippen LogP contribution in [-0.2, 0) is 44.4 Å². The Bertz CT molecular complexity index is 2190. The van der Waals surface area contributed by atoms with Gasteiger partial charge in [0.25, 0.3) is 5.91 Å². The Morgan fingerprint density at radius 2 is 1.64 bits per heavy atom. The fraction of sp³-hybridized carbons (Fsp3) is 0.821. The van der Waals surface area contributed by atoms with Crippen molar-refractivity contribution in [2.45, 2.75) is 197 Å². The highest BCUT2D eigenvalue weighted by molar-refractivity contribution is 5.94. The van der Waals surface area contributed by atoms with Crippen LogP contribution in [0.4, 0.5) is 4.39 Å². The van der Waals surface area contributed by atoms with Gasteiger partial charge in [-0.25, -0.2) is 9.07 Å². The topological polar surface area (TPSA) is 240 Å². The summed E-state index contributed by atoms with van der Waals surface area (Å²) in [7, 11) is 6.74. The first kappa shape index (κ1) is 62.9. The van der Waals surface area contributed by atoms with Gasteiger partial charge < -0.3 is 73.4 Å². The van der Waals surface area contributed by atoms with Gasteiger partial charge in [0.2, 0.25) is 0 Å². The summed E-state index contributed by atoms with van der Waals surface area (Å²) in [6.07, 6.45) is -6.52. The van der Waals surface area contributed by atoms with Crippen LogP contribution in [0, 0.1) is 23.7 Å². The van der Waals surface area contributed by atoms with Crippen LogP contribution in [0.5, 0.6) is 0 Å². The van der Waals surface area contributed by atoms with Gasteiger partial charge in [0.15, 0.2) is 6.29 Å². The van der Waals surface area contributed by atoms with Crippen molar-refractivity contribution in [2.24, 2.45) is 23.7 Å². The van der Waals surface area contributed by atoms with Gasteiger partial charge in [0.05, 0.1) is 60.4 Å². The highest BCUT2D eigenvalue weighted by Crippen LogP contribution is 2.45. The molecule has 0 radical (unpaired) electrons. The van der Waals surface area contributed by atoms with E-state index in [0.29, 0.717) is 69.1 Å². The van der Waals surface area contributed by atoms with Crippen molar-refractivity contribution in [2.75, 3.05) is 74.4 Å². The van der Waals surface area contributed by atoms with Crippen LogP contribution in [0.25, 0.3) is 0 Å². The van der Waals surface area contributed by atoms with Crippen molar-refractivity contribution >= 4 is 11.9 Å². The molecule has 4 aliphatic heterocycles. The lowest BCUT2D eigenvalue weighted by molar-refractivity contribution is -0.302. The van der Waals surface area contributed by atoms with Crippen molar-refractivity contribution in [3.63, 3.8) is 0 Å². The van der Waals surface area contributed by atoms with Gasteiger partial charge in [-0.1, -0.05) is 45.0 Å². The monoisotopic (exact) mass is 1090 g/mol. The van der Waals surface area contributed by atoms with Crippen molar-refractivity contribution < 1.29 is 72.7 Å². The summed E-state index contributed by atoms with van der Waals surface area (Å²) in [5.74, 6) is -3.40. The van der Waals surface area contributed by atoms with Gasteiger partial charge in [-0.2, -0.15) is 0 Å². The molecule has 0 spiro atoms. The molecule has 0 aliphatic carbocycles. The summed E-state index contributed by atoms with van der Waals surface area (Å²) in [6.45, 7) is 19.8. The maximum absolute atomic E-state index is 15.0. The molecule has 6 rings (SSSR count). The molecule has 1 amide bonds. The molecule has 5 N–H and O–H groups in total. The Kier molecular flexibility index (Phi) is 21.7. The van der Waals surface area contributed by atoms with Gasteiger partial charge in [-0.15, -0.1) is 5.10 Å². The SMILES string of the molecule is CC[C@H]1OC(=O)[C@H](C)C([C@H]2C[C@@](C)(OC)[C@@H](O)[C@H](C)O2)[C@H](C)[C@@H](O[C@@H]2O[C@H](C)C[C@H](N(C)CCc3cn([C@H](CF)[C@H](OC)c4ccc(C(=O)N5CCOCC5)cc4)nn3)[C@H]2O)[C@](C)(O)C[C@@H](C)CN(C)[C@H](C)[C@@H](O)[C@]1(C)O. The highest BCUT2D eigenvalue weighted by atomic mass is 19.1. The third-order valence-electron chi connectivity index (χ3n) is 17.6. The number of nitrogens with zero attached hydrogens (tertiary/aromatic N) is 6. The van der Waals surface area contributed by atoms with E-state index < -0.39 is 127 Å². The molecule has 1 unspecified atom stereocenters. The maximum Gasteiger partial charge on any atom is 0.309 e. The van der Waals surface area contributed by atoms with Crippen LogP contribution in [0.3, 0.4) is 0 Å². The minimum atomic E-state index is -1.84. The Morgan fingerprint density at radius 3 is 2.25 bits per heavy atom. The molecule has 0 saturated carbocycles. The minimum absolute atomic E-state index is 0.0945. The van der Waals surface area contributed by atoms with Gasteiger partial charge in [-0.05, 0) is 104 Å². The number of amides is 1. The molecule has 77 heavy (non-hydrogen) atoms. The molecule has 20 atom stereocenters. The number of alkyl halides is 1. The summed E-state index contributed by atoms with van der Waals surface area (Å²) < 4.78 is 59.9. The number of esters is 1. The zero-order valence-electron chi connectivity index (χ0n) is 48.2. The quantitative estimate of drug-likeness (QED) is 0.160. The lowest BCUT2D eigenvalue weighted by Gasteiger charge is -2.51. The number of aromatic nitrogens is 3. The fourth-order valence-electron chi connectivity index (χ4n) is 12.8. The lowest BCUT2D eigenvalue weighted by atomic mass is 9.68. The molecule has 20 nitrogen and oxygen atoms in total. The first-order chi connectivity index (χ1) is 36.2. The fourth-order valence-corrected chi connectivity index (χ4v) is 12.8. The summed E-state index contributed by atoms with van der Waals surface area (Å²) in [5.41, 5.74) is -2.76. The van der Waals surface area contributed by atoms with Crippen LogP contribution in [0.2, 0.25) is 0 Å². The number of hydrogen-bond donors (Lipinski definition) is 5. The number of cyclic esters (lactones) is 1. The molecule has 2 aromatic rings. The second-order valence-corrected chi connectivity index (χ2v) is 23.6. The number of methoxy groups -OCH3 is 2. The van der Waals surface area contributed by atoms with Crippen molar-refractivity contribution in [3.05, 3.63) is 47.3 Å². The van der Waals surface area contributed by atoms with Crippen LogP contribution in [0.15, 0.2) is 30.5 Å². The number of halogens is 1. The number of carbonyl (C=O) groups is 2. The number of morpholine rings is 1. The highest BCUT2D eigenvalue weighted by Gasteiger charge is 2.55. The Labute approximate surface area is 455 Å². The van der Waals surface area contributed by atoms with Gasteiger partial charge in [-0.3, -0.25) is 9.59 Å². The Balaban J connectivity index is 1.25. The van der Waals surface area contributed by atoms with Crippen LogP contribution in [0.1, 0.15) is 129 Å². The summed E-state index contributed by atoms with van der Waals surface area (Å²) >= 11 is 0. The molecule has 21 heteroatoms. The van der Waals surface area contributed by atoms with E-state index in [1.807, 2.05) is 44.7 Å². The van der Waals surface area contributed by atoms with Gasteiger partial charge in [0.1, 0.15) is 48.8 Å². The number of hydrogen-bond acceptors (Lipinski definition) is 18. The number of benzene rings is 1. The Morgan fingerprint density at radius 1 is 0.974 bits per heavy atom. The lowest BCUT2D eigenvalue weighted by Crippen LogP contribution is -2.62. The van der Waals surface area contributed by atoms with Crippen LogP contribution in [-0.4, -0.2) is 225 Å². The molecule has 5 heterocycles. The zero-order chi connectivity index (χ0) is 56.9. The summed E-state index contributed by atoms with van der Waals surface area (Å²) in [4.78, 5) is 33.4. The van der Waals surface area contributed by atoms with Crippen molar-refractivity contribution in [1.29, 1.82) is 0 Å². The zero-order valence-corrected chi connectivity index (χ0v) is 48.2. The summed E-state index contributed by atoms with van der Waals surface area (Å²) in [6, 6.07) is 5.05. The minimum Gasteiger partial charge on any atom is -0.459 e. The summed E-state index contributed by atoms with van der Waals surface area (Å²) in [5, 5.41) is 69.0. The predicted octanol–water partition coefficient (Wildman–Crippen LogP) is 3.75. The van der Waals surface area contributed by atoms with E-state index in [2.05, 4.69) is 10.3 Å². The number of ether oxygens (including phenoxy) is 7. The van der Waals surface area contributed by atoms with E-state index in [1.165, 1.54) is 25.8 Å². The first-order valence-corrected chi connectivity index (χ1v) is 27.8. The average molecular weight is 1090 g/mol. The van der Waals surface area contributed by atoms with E-state index >= 15 is 0 Å². The third-order valence-corrected chi connectivity index (χ3v) is 17.6. The van der Waals surface area contributed by atoms with E-state index in [4.69, 9.17) is 33.2 Å².